The Labute approximate surface area is 323 Å². The summed E-state index contributed by atoms with van der Waals surface area (Å²) >= 11 is 9.38. The summed E-state index contributed by atoms with van der Waals surface area (Å²) in [5.74, 6) is 0.752. The van der Waals surface area contributed by atoms with E-state index in [1.807, 2.05) is 18.2 Å². The molecular formula is C40H47ClN6O4S2. The lowest BCUT2D eigenvalue weighted by Crippen LogP contribution is -2.46. The highest BCUT2D eigenvalue weighted by molar-refractivity contribution is 7.25. The van der Waals surface area contributed by atoms with E-state index < -0.39 is 0 Å². The molecule has 13 heteroatoms. The van der Waals surface area contributed by atoms with Gasteiger partial charge in [-0.15, -0.1) is 22.7 Å². The van der Waals surface area contributed by atoms with E-state index in [0.29, 0.717) is 17.2 Å². The van der Waals surface area contributed by atoms with E-state index in [-0.39, 0.29) is 12.2 Å². The van der Waals surface area contributed by atoms with Crippen LogP contribution >= 0.6 is 34.3 Å². The molecule has 0 radical (unpaired) electrons. The number of hydrogen-bond donors (Lipinski definition) is 1. The summed E-state index contributed by atoms with van der Waals surface area (Å²) in [6.45, 7) is 7.84. The molecular weight excluding hydrogens is 728 g/mol. The van der Waals surface area contributed by atoms with Gasteiger partial charge in [0.2, 0.25) is 5.88 Å². The predicted octanol–water partition coefficient (Wildman–Crippen LogP) is 7.99. The minimum Gasteiger partial charge on any atom is -0.474 e. The van der Waals surface area contributed by atoms with Crippen molar-refractivity contribution in [1.82, 2.24) is 29.7 Å². The molecule has 0 atom stereocenters. The van der Waals surface area contributed by atoms with Crippen molar-refractivity contribution in [3.63, 3.8) is 0 Å². The van der Waals surface area contributed by atoms with Gasteiger partial charge in [0.25, 0.3) is 0 Å². The first-order valence-electron chi connectivity index (χ1n) is 19.0. The molecule has 4 aromatic heterocycles. The molecule has 2 aliphatic carbocycles. The number of hydrogen-bond acceptors (Lipinski definition) is 12. The number of aliphatic hydroxyl groups excluding tert-OH is 1. The third-order valence-corrected chi connectivity index (χ3v) is 13.4. The smallest absolute Gasteiger partial charge is 0.226 e. The maximum absolute atomic E-state index is 9.38. The monoisotopic (exact) mass is 774 g/mol. The first kappa shape index (κ1) is 36.9. The Morgan fingerprint density at radius 1 is 0.623 bits per heavy atom. The molecule has 0 amide bonds. The number of ether oxygens (including phenoxy) is 3. The van der Waals surface area contributed by atoms with Crippen molar-refractivity contribution in [2.24, 2.45) is 0 Å². The van der Waals surface area contributed by atoms with Gasteiger partial charge in [0.1, 0.15) is 33.6 Å². The zero-order valence-electron chi connectivity index (χ0n) is 29.9. The van der Waals surface area contributed by atoms with Crippen molar-refractivity contribution in [2.45, 2.75) is 75.7 Å². The SMILES string of the molecule is Clc1ncnc2sc3ccccc3c12.OC1CCC(N2CCOCC2)CC1.c1ccc2c(c1)sc1ncnc(OC3CCC(N4CCOCC4)CC3)c12. The second-order valence-electron chi connectivity index (χ2n) is 14.2. The van der Waals surface area contributed by atoms with Crippen LogP contribution in [0.2, 0.25) is 5.15 Å². The zero-order valence-corrected chi connectivity index (χ0v) is 32.3. The topological polar surface area (TPSA) is 106 Å². The van der Waals surface area contributed by atoms with Gasteiger partial charge in [-0.05, 0) is 63.5 Å². The molecule has 1 N–H and O–H groups in total. The highest BCUT2D eigenvalue weighted by Gasteiger charge is 2.29. The standard InChI is InChI=1S/C20H23N3O2S.C10H5ClN2S.C10H19NO2/c1-2-4-17-16(3-1)18-19(21-13-22-20(18)26-17)25-15-7-5-14(6-8-15)23-9-11-24-12-10-23;11-9-8-6-3-1-2-4-7(6)14-10(8)13-5-12-9;12-10-3-1-9(2-4-10)11-5-7-13-8-6-11/h1-4,13-15H,5-12H2;1-5H;9-10,12H,1-8H2. The summed E-state index contributed by atoms with van der Waals surface area (Å²) in [6, 6.07) is 17.9. The predicted molar refractivity (Wildman–Crippen MR) is 215 cm³/mol. The highest BCUT2D eigenvalue weighted by atomic mass is 35.5. The lowest BCUT2D eigenvalue weighted by molar-refractivity contribution is -0.00366. The van der Waals surface area contributed by atoms with E-state index in [9.17, 15) is 5.11 Å². The molecule has 0 unspecified atom stereocenters. The Hall–Kier alpha value is -3.07. The molecule has 4 fully saturated rings. The van der Waals surface area contributed by atoms with Crippen LogP contribution in [-0.4, -0.2) is 112 Å². The van der Waals surface area contributed by atoms with E-state index in [1.165, 1.54) is 46.8 Å². The van der Waals surface area contributed by atoms with Crippen LogP contribution in [0.15, 0.2) is 61.2 Å². The van der Waals surface area contributed by atoms with Gasteiger partial charge in [0.05, 0.1) is 43.3 Å². The summed E-state index contributed by atoms with van der Waals surface area (Å²) < 4.78 is 19.6. The quantitative estimate of drug-likeness (QED) is 0.177. The van der Waals surface area contributed by atoms with Gasteiger partial charge < -0.3 is 19.3 Å². The van der Waals surface area contributed by atoms with Crippen molar-refractivity contribution >= 4 is 74.9 Å². The van der Waals surface area contributed by atoms with Gasteiger partial charge in [-0.3, -0.25) is 9.80 Å². The van der Waals surface area contributed by atoms with Crippen molar-refractivity contribution < 1.29 is 19.3 Å². The second kappa shape index (κ2) is 17.6. The summed E-state index contributed by atoms with van der Waals surface area (Å²) in [5.41, 5.74) is 0. The average molecular weight is 775 g/mol. The average Bonchev–Trinajstić information content (AvgIpc) is 3.80. The number of aliphatic hydroxyl groups is 1. The fourth-order valence-corrected chi connectivity index (χ4v) is 10.5. The molecule has 280 valence electrons. The third-order valence-electron chi connectivity index (χ3n) is 11.0. The lowest BCUT2D eigenvalue weighted by atomic mass is 9.91. The number of benzene rings is 2. The van der Waals surface area contributed by atoms with E-state index in [4.69, 9.17) is 25.8 Å². The van der Waals surface area contributed by atoms with Gasteiger partial charge >= 0.3 is 0 Å². The maximum Gasteiger partial charge on any atom is 0.226 e. The minimum atomic E-state index is -0.0303. The number of thiophene rings is 2. The number of fused-ring (bicyclic) bond motifs is 6. The summed E-state index contributed by atoms with van der Waals surface area (Å²) in [5, 5.41) is 14.3. The van der Waals surface area contributed by atoms with Crippen molar-refractivity contribution in [3.05, 3.63) is 66.3 Å². The summed E-state index contributed by atoms with van der Waals surface area (Å²) in [7, 11) is 0. The van der Waals surface area contributed by atoms with Gasteiger partial charge in [0, 0.05) is 58.4 Å². The number of rotatable bonds is 4. The van der Waals surface area contributed by atoms with Gasteiger partial charge in [-0.2, -0.15) is 0 Å². The Morgan fingerprint density at radius 2 is 1.11 bits per heavy atom. The molecule has 10 rings (SSSR count). The van der Waals surface area contributed by atoms with Crippen LogP contribution in [0.3, 0.4) is 0 Å². The number of aromatic nitrogens is 4. The first-order valence-corrected chi connectivity index (χ1v) is 21.0. The molecule has 2 aromatic carbocycles. The Kier molecular flexibility index (Phi) is 12.2. The van der Waals surface area contributed by atoms with Gasteiger partial charge in [-0.1, -0.05) is 48.0 Å². The Bertz CT molecular complexity index is 2090. The number of morpholine rings is 2. The maximum atomic E-state index is 9.38. The van der Waals surface area contributed by atoms with Crippen LogP contribution in [0.4, 0.5) is 0 Å². The molecule has 0 spiro atoms. The van der Waals surface area contributed by atoms with Gasteiger partial charge in [0.15, 0.2) is 0 Å². The molecule has 53 heavy (non-hydrogen) atoms. The second-order valence-corrected chi connectivity index (χ2v) is 16.6. The molecule has 6 aromatic rings. The minimum absolute atomic E-state index is 0.0303. The Balaban J connectivity index is 0.000000125. The van der Waals surface area contributed by atoms with Crippen LogP contribution < -0.4 is 4.74 Å². The van der Waals surface area contributed by atoms with E-state index in [1.54, 1.807) is 29.0 Å². The summed E-state index contributed by atoms with van der Waals surface area (Å²) in [6.07, 6.45) is 12.2. The fraction of sp³-hybridized carbons (Fsp3) is 0.500. The normalized spacial score (nSPS) is 24.4. The molecule has 2 aliphatic heterocycles. The largest absolute Gasteiger partial charge is 0.474 e. The number of nitrogens with zero attached hydrogens (tertiary/aromatic N) is 6. The van der Waals surface area contributed by atoms with E-state index >= 15 is 0 Å². The molecule has 2 saturated carbocycles. The van der Waals surface area contributed by atoms with Crippen LogP contribution in [0.25, 0.3) is 40.6 Å². The highest BCUT2D eigenvalue weighted by Crippen LogP contribution is 2.38. The van der Waals surface area contributed by atoms with Crippen LogP contribution in [0.1, 0.15) is 51.4 Å². The molecule has 4 aliphatic rings. The zero-order chi connectivity index (χ0) is 36.0. The van der Waals surface area contributed by atoms with Gasteiger partial charge in [-0.25, -0.2) is 19.9 Å². The fourth-order valence-electron chi connectivity index (χ4n) is 8.13. The van der Waals surface area contributed by atoms with E-state index in [0.717, 1.165) is 110 Å². The van der Waals surface area contributed by atoms with Crippen molar-refractivity contribution in [2.75, 3.05) is 52.6 Å². The van der Waals surface area contributed by atoms with Crippen LogP contribution in [0.5, 0.6) is 5.88 Å². The molecule has 6 heterocycles. The third kappa shape index (κ3) is 8.76. The Morgan fingerprint density at radius 3 is 1.70 bits per heavy atom. The van der Waals surface area contributed by atoms with Crippen LogP contribution in [-0.2, 0) is 9.47 Å². The van der Waals surface area contributed by atoms with Crippen LogP contribution in [0, 0.1) is 0 Å². The van der Waals surface area contributed by atoms with Crippen molar-refractivity contribution in [1.29, 1.82) is 0 Å². The summed E-state index contributed by atoms with van der Waals surface area (Å²) in [4.78, 5) is 24.2. The number of halogens is 1. The van der Waals surface area contributed by atoms with Crippen molar-refractivity contribution in [3.8, 4) is 5.88 Å². The molecule has 10 nitrogen and oxygen atoms in total. The first-order chi connectivity index (χ1) is 26.1. The molecule has 0 bridgehead atoms. The lowest BCUT2D eigenvalue weighted by Gasteiger charge is -2.38. The molecule has 2 saturated heterocycles. The van der Waals surface area contributed by atoms with E-state index in [2.05, 4.69) is 60.1 Å².